The first-order chi connectivity index (χ1) is 12.4. The normalized spacial score (nSPS) is 16.6. The summed E-state index contributed by atoms with van der Waals surface area (Å²) in [7, 11) is 1.41. The minimum absolute atomic E-state index is 0.174. The third-order valence-corrected chi connectivity index (χ3v) is 4.49. The third-order valence-electron chi connectivity index (χ3n) is 4.49. The van der Waals surface area contributed by atoms with E-state index in [4.69, 9.17) is 4.74 Å². The summed E-state index contributed by atoms with van der Waals surface area (Å²) in [5, 5.41) is 9.18. The van der Waals surface area contributed by atoms with E-state index in [1.807, 2.05) is 0 Å². The molecule has 136 valence electrons. The summed E-state index contributed by atoms with van der Waals surface area (Å²) in [6.07, 6.45) is 0.900. The molecule has 2 aromatic rings. The summed E-state index contributed by atoms with van der Waals surface area (Å²) >= 11 is 0. The van der Waals surface area contributed by atoms with Crippen molar-refractivity contribution in [3.63, 3.8) is 0 Å². The second-order valence-electron chi connectivity index (χ2n) is 6.04. The van der Waals surface area contributed by atoms with Crippen molar-refractivity contribution in [3.8, 4) is 16.9 Å². The number of nitrogens with zero attached hydrogens (tertiary/aromatic N) is 1. The summed E-state index contributed by atoms with van der Waals surface area (Å²) in [5.41, 5.74) is 0.222. The van der Waals surface area contributed by atoms with Crippen LogP contribution in [0.5, 0.6) is 5.75 Å². The Kier molecular flexibility index (Phi) is 4.88. The van der Waals surface area contributed by atoms with Gasteiger partial charge >= 0.3 is 5.97 Å². The third kappa shape index (κ3) is 3.24. The van der Waals surface area contributed by atoms with Gasteiger partial charge in [-0.2, -0.15) is 0 Å². The molecule has 1 amide bonds. The van der Waals surface area contributed by atoms with E-state index < -0.39 is 29.6 Å². The van der Waals surface area contributed by atoms with E-state index in [1.165, 1.54) is 31.4 Å². The lowest BCUT2D eigenvalue weighted by Gasteiger charge is -2.21. The van der Waals surface area contributed by atoms with E-state index in [9.17, 15) is 23.5 Å². The number of methoxy groups -OCH3 is 1. The van der Waals surface area contributed by atoms with Crippen molar-refractivity contribution in [2.75, 3.05) is 13.7 Å². The minimum Gasteiger partial charge on any atom is -0.497 e. The fourth-order valence-electron chi connectivity index (χ4n) is 3.13. The van der Waals surface area contributed by atoms with Gasteiger partial charge in [-0.3, -0.25) is 4.79 Å². The quantitative estimate of drug-likeness (QED) is 0.907. The molecule has 0 aromatic heterocycles. The van der Waals surface area contributed by atoms with Crippen molar-refractivity contribution in [2.24, 2.45) is 0 Å². The smallest absolute Gasteiger partial charge is 0.326 e. The van der Waals surface area contributed by atoms with Crippen LogP contribution in [0, 0.1) is 11.6 Å². The Balaban J connectivity index is 1.90. The summed E-state index contributed by atoms with van der Waals surface area (Å²) in [4.78, 5) is 24.9. The maximum Gasteiger partial charge on any atom is 0.326 e. The summed E-state index contributed by atoms with van der Waals surface area (Å²) in [6, 6.07) is 7.03. The number of hydrogen-bond donors (Lipinski definition) is 1. The highest BCUT2D eigenvalue weighted by Crippen LogP contribution is 2.29. The Morgan fingerprint density at radius 1 is 1.15 bits per heavy atom. The molecule has 5 nitrogen and oxygen atoms in total. The first-order valence-electron chi connectivity index (χ1n) is 8.09. The zero-order valence-electron chi connectivity index (χ0n) is 14.0. The van der Waals surface area contributed by atoms with Crippen LogP contribution in [0.2, 0.25) is 0 Å². The largest absolute Gasteiger partial charge is 0.497 e. The number of likely N-dealkylation sites (tertiary alicyclic amines) is 1. The van der Waals surface area contributed by atoms with Gasteiger partial charge in [0.2, 0.25) is 0 Å². The average Bonchev–Trinajstić information content (AvgIpc) is 3.11. The van der Waals surface area contributed by atoms with Gasteiger partial charge in [0.25, 0.3) is 5.91 Å². The fourth-order valence-corrected chi connectivity index (χ4v) is 3.13. The predicted molar refractivity (Wildman–Crippen MR) is 90.0 cm³/mol. The Morgan fingerprint density at radius 3 is 2.54 bits per heavy atom. The van der Waals surface area contributed by atoms with Gasteiger partial charge in [0.1, 0.15) is 23.4 Å². The molecule has 0 spiro atoms. The van der Waals surface area contributed by atoms with E-state index in [2.05, 4.69) is 0 Å². The molecule has 1 fully saturated rings. The molecule has 0 bridgehead atoms. The lowest BCUT2D eigenvalue weighted by Crippen LogP contribution is -2.40. The zero-order valence-corrected chi connectivity index (χ0v) is 14.0. The van der Waals surface area contributed by atoms with E-state index >= 15 is 0 Å². The second kappa shape index (κ2) is 7.11. The predicted octanol–water partition coefficient (Wildman–Crippen LogP) is 3.33. The molecule has 7 heteroatoms. The SMILES string of the molecule is COc1ccc(-c2ccc(C(=O)N3CCCC3C(=O)O)c(F)c2)c(F)c1. The number of ether oxygens (including phenoxy) is 1. The molecule has 1 unspecified atom stereocenters. The Bertz CT molecular complexity index is 869. The molecule has 1 aliphatic rings. The van der Waals surface area contributed by atoms with Crippen molar-refractivity contribution in [2.45, 2.75) is 18.9 Å². The average molecular weight is 361 g/mol. The van der Waals surface area contributed by atoms with Gasteiger partial charge in [0, 0.05) is 18.2 Å². The van der Waals surface area contributed by atoms with E-state index in [0.717, 1.165) is 11.0 Å². The molecule has 26 heavy (non-hydrogen) atoms. The van der Waals surface area contributed by atoms with Crippen LogP contribution in [0.1, 0.15) is 23.2 Å². The number of hydrogen-bond acceptors (Lipinski definition) is 3. The van der Waals surface area contributed by atoms with Gasteiger partial charge in [-0.25, -0.2) is 13.6 Å². The highest BCUT2D eigenvalue weighted by Gasteiger charge is 2.35. The molecule has 1 atom stereocenters. The molecular weight excluding hydrogens is 344 g/mol. The molecule has 1 heterocycles. The maximum absolute atomic E-state index is 14.5. The van der Waals surface area contributed by atoms with Gasteiger partial charge in [0.15, 0.2) is 0 Å². The number of carboxylic acid groups (broad SMARTS) is 1. The first-order valence-corrected chi connectivity index (χ1v) is 8.09. The van der Waals surface area contributed by atoms with Crippen LogP contribution in [-0.2, 0) is 4.79 Å². The van der Waals surface area contributed by atoms with Crippen LogP contribution in [0.3, 0.4) is 0 Å². The highest BCUT2D eigenvalue weighted by atomic mass is 19.1. The van der Waals surface area contributed by atoms with Crippen LogP contribution >= 0.6 is 0 Å². The Morgan fingerprint density at radius 2 is 1.92 bits per heavy atom. The minimum atomic E-state index is -1.10. The van der Waals surface area contributed by atoms with Crippen LogP contribution in [0.15, 0.2) is 36.4 Å². The molecule has 1 aliphatic heterocycles. The Labute approximate surface area is 148 Å². The number of carbonyl (C=O) groups is 2. The second-order valence-corrected chi connectivity index (χ2v) is 6.04. The number of amides is 1. The molecule has 0 aliphatic carbocycles. The Hall–Kier alpha value is -2.96. The van der Waals surface area contributed by atoms with Crippen LogP contribution in [0.4, 0.5) is 8.78 Å². The maximum atomic E-state index is 14.5. The van der Waals surface area contributed by atoms with Gasteiger partial charge in [-0.05, 0) is 42.7 Å². The van der Waals surface area contributed by atoms with Crippen molar-refractivity contribution in [1.82, 2.24) is 4.90 Å². The van der Waals surface area contributed by atoms with Crippen LogP contribution in [-0.4, -0.2) is 41.6 Å². The number of benzene rings is 2. The van der Waals surface area contributed by atoms with Crippen molar-refractivity contribution in [1.29, 1.82) is 0 Å². The molecule has 0 radical (unpaired) electrons. The zero-order chi connectivity index (χ0) is 18.8. The van der Waals surface area contributed by atoms with Crippen LogP contribution < -0.4 is 4.74 Å². The van der Waals surface area contributed by atoms with E-state index in [1.54, 1.807) is 6.07 Å². The highest BCUT2D eigenvalue weighted by molar-refractivity contribution is 5.97. The standard InChI is InChI=1S/C19H17F2NO4/c1-26-12-5-7-13(16(21)10-12)11-4-6-14(15(20)9-11)18(23)22-8-2-3-17(22)19(24)25/h4-7,9-10,17H,2-3,8H2,1H3,(H,24,25). The van der Waals surface area contributed by atoms with Crippen molar-refractivity contribution in [3.05, 3.63) is 53.6 Å². The lowest BCUT2D eigenvalue weighted by atomic mass is 10.0. The van der Waals surface area contributed by atoms with E-state index in [-0.39, 0.29) is 23.2 Å². The monoisotopic (exact) mass is 361 g/mol. The van der Waals surface area contributed by atoms with Crippen molar-refractivity contribution >= 4 is 11.9 Å². The molecule has 1 N–H and O–H groups in total. The molecule has 0 saturated carbocycles. The fraction of sp³-hybridized carbons (Fsp3) is 0.263. The topological polar surface area (TPSA) is 66.8 Å². The van der Waals surface area contributed by atoms with Gasteiger partial charge in [-0.1, -0.05) is 6.07 Å². The molecular formula is C19H17F2NO4. The van der Waals surface area contributed by atoms with Gasteiger partial charge < -0.3 is 14.7 Å². The number of rotatable bonds is 4. The van der Waals surface area contributed by atoms with Crippen LogP contribution in [0.25, 0.3) is 11.1 Å². The summed E-state index contributed by atoms with van der Waals surface area (Å²) in [6.45, 7) is 0.268. The van der Waals surface area contributed by atoms with Gasteiger partial charge in [-0.15, -0.1) is 0 Å². The summed E-state index contributed by atoms with van der Waals surface area (Å²) < 4.78 is 33.6. The molecule has 3 rings (SSSR count). The first kappa shape index (κ1) is 17.8. The number of carbonyl (C=O) groups excluding carboxylic acids is 1. The van der Waals surface area contributed by atoms with E-state index in [0.29, 0.717) is 18.6 Å². The number of carboxylic acids is 1. The summed E-state index contributed by atoms with van der Waals surface area (Å²) in [5.74, 6) is -2.83. The molecule has 1 saturated heterocycles. The number of halogens is 2. The lowest BCUT2D eigenvalue weighted by molar-refractivity contribution is -0.141. The van der Waals surface area contributed by atoms with Gasteiger partial charge in [0.05, 0.1) is 12.7 Å². The number of aliphatic carboxylic acids is 1. The van der Waals surface area contributed by atoms with Crippen molar-refractivity contribution < 1.29 is 28.2 Å². The molecule has 2 aromatic carbocycles.